The maximum Gasteiger partial charge on any atom is 0.0409 e. The lowest BCUT2D eigenvalue weighted by Gasteiger charge is -2.29. The van der Waals surface area contributed by atoms with E-state index in [1.165, 1.54) is 30.5 Å². The third-order valence-corrected chi connectivity index (χ3v) is 3.15. The van der Waals surface area contributed by atoms with Crippen molar-refractivity contribution in [2.75, 3.05) is 18.5 Å². The number of hydrogen-bond donors (Lipinski definition) is 1. The van der Waals surface area contributed by atoms with E-state index in [0.29, 0.717) is 6.04 Å². The Hall–Kier alpha value is -1.02. The first-order valence-corrected chi connectivity index (χ1v) is 6.18. The molecule has 0 aliphatic rings. The quantitative estimate of drug-likeness (QED) is 0.798. The van der Waals surface area contributed by atoms with Crippen molar-refractivity contribution in [3.05, 3.63) is 29.8 Å². The molecule has 1 rings (SSSR count). The second kappa shape index (κ2) is 6.54. The van der Waals surface area contributed by atoms with Gasteiger partial charge in [0.2, 0.25) is 0 Å². The molecule has 0 bridgehead atoms. The van der Waals surface area contributed by atoms with Crippen molar-refractivity contribution in [3.63, 3.8) is 0 Å². The third kappa shape index (κ3) is 3.53. The number of rotatable bonds is 6. The molecule has 0 amide bonds. The van der Waals surface area contributed by atoms with Gasteiger partial charge in [0.05, 0.1) is 0 Å². The second-order valence-electron chi connectivity index (χ2n) is 4.48. The van der Waals surface area contributed by atoms with Crippen LogP contribution >= 0.6 is 0 Å². The van der Waals surface area contributed by atoms with E-state index >= 15 is 0 Å². The highest BCUT2D eigenvalue weighted by Gasteiger charge is 2.12. The van der Waals surface area contributed by atoms with Gasteiger partial charge in [-0.25, -0.2) is 0 Å². The second-order valence-corrected chi connectivity index (χ2v) is 4.48. The molecule has 0 aliphatic heterocycles. The summed E-state index contributed by atoms with van der Waals surface area (Å²) in [5, 5.41) is 0. The van der Waals surface area contributed by atoms with Gasteiger partial charge in [0.15, 0.2) is 0 Å². The van der Waals surface area contributed by atoms with Gasteiger partial charge in [-0.15, -0.1) is 0 Å². The van der Waals surface area contributed by atoms with Crippen LogP contribution < -0.4 is 10.6 Å². The Bertz CT molecular complexity index is 292. The van der Waals surface area contributed by atoms with E-state index in [1.54, 1.807) is 0 Å². The Morgan fingerprint density at radius 2 is 1.88 bits per heavy atom. The molecular formula is C14H24N2. The zero-order valence-corrected chi connectivity index (χ0v) is 10.7. The molecule has 0 spiro atoms. The summed E-state index contributed by atoms with van der Waals surface area (Å²) in [5.74, 6) is 0. The van der Waals surface area contributed by atoms with Crippen LogP contribution in [0.25, 0.3) is 0 Å². The minimum atomic E-state index is 0.461. The third-order valence-electron chi connectivity index (χ3n) is 3.15. The SMILES string of the molecule is CCCCC(CN)N(C)c1ccc(C)cc1. The zero-order chi connectivity index (χ0) is 12.0. The van der Waals surface area contributed by atoms with Crippen LogP contribution in [0, 0.1) is 6.92 Å². The average molecular weight is 220 g/mol. The molecule has 0 radical (unpaired) electrons. The topological polar surface area (TPSA) is 29.3 Å². The summed E-state index contributed by atoms with van der Waals surface area (Å²) < 4.78 is 0. The molecule has 2 N–H and O–H groups in total. The van der Waals surface area contributed by atoms with Gasteiger partial charge < -0.3 is 10.6 Å². The van der Waals surface area contributed by atoms with E-state index in [2.05, 4.69) is 50.1 Å². The summed E-state index contributed by atoms with van der Waals surface area (Å²) in [6, 6.07) is 9.11. The Morgan fingerprint density at radius 3 is 2.38 bits per heavy atom. The Labute approximate surface area is 99.5 Å². The number of benzene rings is 1. The lowest BCUT2D eigenvalue weighted by molar-refractivity contribution is 0.558. The van der Waals surface area contributed by atoms with Crippen LogP contribution in [0.4, 0.5) is 5.69 Å². The van der Waals surface area contributed by atoms with Gasteiger partial charge in [0.25, 0.3) is 0 Å². The zero-order valence-electron chi connectivity index (χ0n) is 10.7. The predicted octanol–water partition coefficient (Wildman–Crippen LogP) is 2.95. The minimum Gasteiger partial charge on any atom is -0.370 e. The lowest BCUT2D eigenvalue weighted by atomic mass is 10.1. The van der Waals surface area contributed by atoms with Crippen LogP contribution in [0.1, 0.15) is 31.7 Å². The number of hydrogen-bond acceptors (Lipinski definition) is 2. The molecule has 0 fully saturated rings. The first kappa shape index (κ1) is 13.0. The van der Waals surface area contributed by atoms with Crippen molar-refractivity contribution < 1.29 is 0 Å². The number of nitrogens with zero attached hydrogens (tertiary/aromatic N) is 1. The molecule has 1 atom stereocenters. The van der Waals surface area contributed by atoms with Crippen molar-refractivity contribution >= 4 is 5.69 Å². The van der Waals surface area contributed by atoms with E-state index in [0.717, 1.165) is 6.54 Å². The number of likely N-dealkylation sites (N-methyl/N-ethyl adjacent to an activating group) is 1. The van der Waals surface area contributed by atoms with Crippen LogP contribution in [0.5, 0.6) is 0 Å². The van der Waals surface area contributed by atoms with Gasteiger partial charge in [-0.1, -0.05) is 37.5 Å². The van der Waals surface area contributed by atoms with Crippen LogP contribution in [0.2, 0.25) is 0 Å². The highest BCUT2D eigenvalue weighted by Crippen LogP contribution is 2.18. The van der Waals surface area contributed by atoms with Crippen LogP contribution in [-0.4, -0.2) is 19.6 Å². The fraction of sp³-hybridized carbons (Fsp3) is 0.571. The first-order chi connectivity index (χ1) is 7.69. The normalized spacial score (nSPS) is 12.5. The molecule has 0 saturated heterocycles. The van der Waals surface area contributed by atoms with Crippen molar-refractivity contribution in [2.24, 2.45) is 5.73 Å². The smallest absolute Gasteiger partial charge is 0.0409 e. The van der Waals surface area contributed by atoms with Gasteiger partial charge in [-0.2, -0.15) is 0 Å². The standard InChI is InChI=1S/C14H24N2/c1-4-5-6-14(11-15)16(3)13-9-7-12(2)8-10-13/h7-10,14H,4-6,11,15H2,1-3H3. The fourth-order valence-corrected chi connectivity index (χ4v) is 1.90. The average Bonchev–Trinajstić information content (AvgIpc) is 2.30. The highest BCUT2D eigenvalue weighted by atomic mass is 15.1. The largest absolute Gasteiger partial charge is 0.370 e. The summed E-state index contributed by atoms with van der Waals surface area (Å²) in [7, 11) is 2.14. The van der Waals surface area contributed by atoms with E-state index in [4.69, 9.17) is 5.73 Å². The maximum absolute atomic E-state index is 5.84. The lowest BCUT2D eigenvalue weighted by Crippen LogP contribution is -2.37. The predicted molar refractivity (Wildman–Crippen MR) is 71.9 cm³/mol. The molecular weight excluding hydrogens is 196 g/mol. The van der Waals surface area contributed by atoms with Crippen LogP contribution in [-0.2, 0) is 0 Å². The fourth-order valence-electron chi connectivity index (χ4n) is 1.90. The molecule has 2 heteroatoms. The molecule has 0 saturated carbocycles. The van der Waals surface area contributed by atoms with Gasteiger partial charge in [0, 0.05) is 25.3 Å². The number of nitrogens with two attached hydrogens (primary N) is 1. The van der Waals surface area contributed by atoms with Gasteiger partial charge >= 0.3 is 0 Å². The van der Waals surface area contributed by atoms with E-state index < -0.39 is 0 Å². The molecule has 0 aromatic heterocycles. The first-order valence-electron chi connectivity index (χ1n) is 6.18. The monoisotopic (exact) mass is 220 g/mol. The molecule has 1 aromatic carbocycles. The van der Waals surface area contributed by atoms with Crippen molar-refractivity contribution in [1.82, 2.24) is 0 Å². The summed E-state index contributed by atoms with van der Waals surface area (Å²) in [5.41, 5.74) is 8.40. The Morgan fingerprint density at radius 1 is 1.25 bits per heavy atom. The van der Waals surface area contributed by atoms with Crippen LogP contribution in [0.3, 0.4) is 0 Å². The Balaban J connectivity index is 2.66. The van der Waals surface area contributed by atoms with E-state index in [1.807, 2.05) is 0 Å². The molecule has 16 heavy (non-hydrogen) atoms. The minimum absolute atomic E-state index is 0.461. The van der Waals surface area contributed by atoms with Gasteiger partial charge in [-0.05, 0) is 25.5 Å². The van der Waals surface area contributed by atoms with Crippen molar-refractivity contribution in [3.8, 4) is 0 Å². The maximum atomic E-state index is 5.84. The summed E-state index contributed by atoms with van der Waals surface area (Å²) >= 11 is 0. The summed E-state index contributed by atoms with van der Waals surface area (Å²) in [4.78, 5) is 2.30. The molecule has 2 nitrogen and oxygen atoms in total. The Kier molecular flexibility index (Phi) is 5.33. The molecule has 1 aromatic rings. The van der Waals surface area contributed by atoms with E-state index in [9.17, 15) is 0 Å². The van der Waals surface area contributed by atoms with Crippen molar-refractivity contribution in [2.45, 2.75) is 39.2 Å². The summed E-state index contributed by atoms with van der Waals surface area (Å²) in [6.45, 7) is 5.06. The number of unbranched alkanes of at least 4 members (excludes halogenated alkanes) is 1. The van der Waals surface area contributed by atoms with E-state index in [-0.39, 0.29) is 0 Å². The van der Waals surface area contributed by atoms with Gasteiger partial charge in [-0.3, -0.25) is 0 Å². The number of anilines is 1. The van der Waals surface area contributed by atoms with Crippen molar-refractivity contribution in [1.29, 1.82) is 0 Å². The van der Waals surface area contributed by atoms with Gasteiger partial charge in [0.1, 0.15) is 0 Å². The molecule has 0 aliphatic carbocycles. The van der Waals surface area contributed by atoms with Crippen LogP contribution in [0.15, 0.2) is 24.3 Å². The molecule has 0 heterocycles. The molecule has 1 unspecified atom stereocenters. The number of aryl methyl sites for hydroxylation is 1. The highest BCUT2D eigenvalue weighted by molar-refractivity contribution is 5.47. The summed E-state index contributed by atoms with van der Waals surface area (Å²) in [6.07, 6.45) is 3.66. The molecule has 90 valence electrons.